The molecule has 0 atom stereocenters. The third-order valence-corrected chi connectivity index (χ3v) is 4.61. The van der Waals surface area contributed by atoms with E-state index < -0.39 is 17.3 Å². The van der Waals surface area contributed by atoms with E-state index in [1.54, 1.807) is 0 Å². The Morgan fingerprint density at radius 1 is 0.828 bits per heavy atom. The minimum atomic E-state index is -0.815. The monoisotopic (exact) mass is 403 g/mol. The number of halogens is 2. The van der Waals surface area contributed by atoms with Crippen LogP contribution >= 0.6 is 12.2 Å². The van der Waals surface area contributed by atoms with E-state index in [1.807, 2.05) is 29.4 Å². The van der Waals surface area contributed by atoms with Gasteiger partial charge in [-0.2, -0.15) is 4.99 Å². The number of aliphatic imine (C=N–C) groups is 1. The Kier molecular flexibility index (Phi) is 7.03. The average molecular weight is 403 g/mol. The maximum absolute atomic E-state index is 13.9. The van der Waals surface area contributed by atoms with Crippen LogP contribution in [0, 0.1) is 23.5 Å². The lowest BCUT2D eigenvalue weighted by Gasteiger charge is -2.04. The molecule has 3 aromatic carbocycles. The summed E-state index contributed by atoms with van der Waals surface area (Å²) >= 11 is 4.39. The maximum atomic E-state index is 13.9. The Labute approximate surface area is 175 Å². The lowest BCUT2D eigenvalue weighted by atomic mass is 10.0. The molecule has 1 nitrogen and oxygen atoms in total. The topological polar surface area (TPSA) is 12.4 Å². The highest BCUT2D eigenvalue weighted by Crippen LogP contribution is 2.23. The SMILES string of the molecule is CCCCc1ccc(-c2ccc(C#Cc3cc(F)c(N=C=S)c(F)c3)cc2)cc1. The molecule has 3 aromatic rings. The molecular formula is C25H19F2NS. The van der Waals surface area contributed by atoms with Gasteiger partial charge in [0.2, 0.25) is 0 Å². The third-order valence-electron chi connectivity index (χ3n) is 4.52. The van der Waals surface area contributed by atoms with Crippen molar-refractivity contribution in [3.8, 4) is 23.0 Å². The van der Waals surface area contributed by atoms with E-state index in [0.29, 0.717) is 0 Å². The molecule has 4 heteroatoms. The number of nitrogens with zero attached hydrogens (tertiary/aromatic N) is 1. The van der Waals surface area contributed by atoms with Gasteiger partial charge in [-0.15, -0.1) is 0 Å². The number of thiocarbonyl (C=S) groups is 1. The fourth-order valence-corrected chi connectivity index (χ4v) is 3.02. The molecule has 0 unspecified atom stereocenters. The molecule has 0 aromatic heterocycles. The van der Waals surface area contributed by atoms with Crippen LogP contribution in [0.5, 0.6) is 0 Å². The summed E-state index contributed by atoms with van der Waals surface area (Å²) in [5, 5.41) is 1.97. The molecule has 0 saturated heterocycles. The van der Waals surface area contributed by atoms with Gasteiger partial charge in [0.1, 0.15) is 5.69 Å². The van der Waals surface area contributed by atoms with Gasteiger partial charge in [-0.05, 0) is 66.0 Å². The molecule has 0 radical (unpaired) electrons. The highest BCUT2D eigenvalue weighted by molar-refractivity contribution is 7.78. The van der Waals surface area contributed by atoms with Gasteiger partial charge in [-0.1, -0.05) is 61.6 Å². The number of rotatable bonds is 5. The molecule has 0 aliphatic rings. The highest BCUT2D eigenvalue weighted by atomic mass is 32.1. The number of hydrogen-bond donors (Lipinski definition) is 0. The molecule has 29 heavy (non-hydrogen) atoms. The molecule has 0 saturated carbocycles. The second kappa shape index (κ2) is 9.89. The van der Waals surface area contributed by atoms with Crippen molar-refractivity contribution in [3.63, 3.8) is 0 Å². The molecule has 0 N–H and O–H groups in total. The van der Waals surface area contributed by atoms with Crippen LogP contribution in [0.2, 0.25) is 0 Å². The number of hydrogen-bond acceptors (Lipinski definition) is 2. The molecule has 0 amide bonds. The zero-order valence-electron chi connectivity index (χ0n) is 16.0. The van der Waals surface area contributed by atoms with Crippen molar-refractivity contribution in [2.75, 3.05) is 0 Å². The molecule has 0 bridgehead atoms. The molecule has 0 aliphatic carbocycles. The van der Waals surface area contributed by atoms with Crippen LogP contribution in [-0.4, -0.2) is 5.16 Å². The fourth-order valence-electron chi connectivity index (χ4n) is 2.93. The number of isothiocyanates is 1. The van der Waals surface area contributed by atoms with Crippen LogP contribution in [0.25, 0.3) is 11.1 Å². The molecule has 3 rings (SSSR count). The van der Waals surface area contributed by atoms with Crippen LogP contribution in [-0.2, 0) is 6.42 Å². The normalized spacial score (nSPS) is 10.0. The van der Waals surface area contributed by atoms with Crippen molar-refractivity contribution in [2.45, 2.75) is 26.2 Å². The van der Waals surface area contributed by atoms with Crippen LogP contribution in [0.4, 0.5) is 14.5 Å². The molecule has 0 fully saturated rings. The summed E-state index contributed by atoms with van der Waals surface area (Å²) in [4.78, 5) is 3.39. The minimum absolute atomic E-state index is 0.232. The zero-order valence-corrected chi connectivity index (χ0v) is 16.8. The first-order valence-electron chi connectivity index (χ1n) is 9.39. The van der Waals surface area contributed by atoms with E-state index in [1.165, 1.54) is 18.4 Å². The summed E-state index contributed by atoms with van der Waals surface area (Å²) in [5.41, 5.74) is 4.13. The van der Waals surface area contributed by atoms with Crippen LogP contribution in [0.15, 0.2) is 65.7 Å². The first-order valence-corrected chi connectivity index (χ1v) is 9.80. The van der Waals surface area contributed by atoms with E-state index in [4.69, 9.17) is 0 Å². The second-order valence-electron chi connectivity index (χ2n) is 6.62. The fraction of sp³-hybridized carbons (Fsp3) is 0.160. The summed E-state index contributed by atoms with van der Waals surface area (Å²) in [6.45, 7) is 2.19. The van der Waals surface area contributed by atoms with E-state index in [-0.39, 0.29) is 5.56 Å². The van der Waals surface area contributed by atoms with Crippen LogP contribution in [0.1, 0.15) is 36.5 Å². The predicted molar refractivity (Wildman–Crippen MR) is 118 cm³/mol. The van der Waals surface area contributed by atoms with Gasteiger partial charge in [0.05, 0.1) is 5.16 Å². The van der Waals surface area contributed by atoms with Crippen molar-refractivity contribution < 1.29 is 8.78 Å². The quantitative estimate of drug-likeness (QED) is 0.251. The Hall–Kier alpha value is -3.12. The van der Waals surface area contributed by atoms with Crippen molar-refractivity contribution in [3.05, 3.63) is 89.0 Å². The van der Waals surface area contributed by atoms with Crippen molar-refractivity contribution in [2.24, 2.45) is 4.99 Å². The van der Waals surface area contributed by atoms with Crippen molar-refractivity contribution in [1.82, 2.24) is 0 Å². The Balaban J connectivity index is 1.76. The molecule has 0 heterocycles. The Bertz CT molecular complexity index is 1080. The van der Waals surface area contributed by atoms with Gasteiger partial charge >= 0.3 is 0 Å². The van der Waals surface area contributed by atoms with Gasteiger partial charge in [-0.3, -0.25) is 0 Å². The second-order valence-corrected chi connectivity index (χ2v) is 6.80. The maximum Gasteiger partial charge on any atom is 0.153 e. The summed E-state index contributed by atoms with van der Waals surface area (Å²) in [6, 6.07) is 18.6. The average Bonchev–Trinajstić information content (AvgIpc) is 2.74. The van der Waals surface area contributed by atoms with Gasteiger partial charge in [0, 0.05) is 11.1 Å². The first-order chi connectivity index (χ1) is 14.1. The summed E-state index contributed by atoms with van der Waals surface area (Å²) in [6.07, 6.45) is 3.49. The zero-order chi connectivity index (χ0) is 20.6. The van der Waals surface area contributed by atoms with Crippen molar-refractivity contribution >= 4 is 23.1 Å². The van der Waals surface area contributed by atoms with Crippen molar-refractivity contribution in [1.29, 1.82) is 0 Å². The standard InChI is InChI=1S/C25H19F2NS/c1-2-3-4-18-7-11-21(12-8-18)22-13-9-19(10-14-22)5-6-20-15-23(26)25(28-17-29)24(27)16-20/h7-16H,2-4H2,1H3. The minimum Gasteiger partial charge on any atom is -0.204 e. The molecular weight excluding hydrogens is 384 g/mol. The Morgan fingerprint density at radius 3 is 1.93 bits per heavy atom. The molecule has 0 spiro atoms. The lowest BCUT2D eigenvalue weighted by Crippen LogP contribution is -1.87. The predicted octanol–water partition coefficient (Wildman–Crippen LogP) is 7.11. The van der Waals surface area contributed by atoms with Crippen LogP contribution < -0.4 is 0 Å². The molecule has 144 valence electrons. The molecule has 0 aliphatic heterocycles. The number of unbranched alkanes of at least 4 members (excludes halogenated alkanes) is 1. The lowest BCUT2D eigenvalue weighted by molar-refractivity contribution is 0.587. The summed E-state index contributed by atoms with van der Waals surface area (Å²) in [7, 11) is 0. The highest BCUT2D eigenvalue weighted by Gasteiger charge is 2.09. The summed E-state index contributed by atoms with van der Waals surface area (Å²) in [5.74, 6) is 4.08. The third kappa shape index (κ3) is 5.45. The van der Waals surface area contributed by atoms with E-state index in [2.05, 4.69) is 60.2 Å². The van der Waals surface area contributed by atoms with Gasteiger partial charge in [0.25, 0.3) is 0 Å². The van der Waals surface area contributed by atoms with E-state index in [0.717, 1.165) is 35.2 Å². The van der Waals surface area contributed by atoms with Gasteiger partial charge in [-0.25, -0.2) is 8.78 Å². The number of benzene rings is 3. The largest absolute Gasteiger partial charge is 0.204 e. The van der Waals surface area contributed by atoms with E-state index in [9.17, 15) is 8.78 Å². The van der Waals surface area contributed by atoms with Gasteiger partial charge in [0.15, 0.2) is 11.6 Å². The van der Waals surface area contributed by atoms with E-state index >= 15 is 0 Å². The summed E-state index contributed by atoms with van der Waals surface area (Å²) < 4.78 is 27.7. The first kappa shape index (κ1) is 20.6. The van der Waals surface area contributed by atoms with Gasteiger partial charge < -0.3 is 0 Å². The smallest absolute Gasteiger partial charge is 0.153 e. The van der Waals surface area contributed by atoms with Crippen LogP contribution in [0.3, 0.4) is 0 Å². The number of aryl methyl sites for hydroxylation is 1. The Morgan fingerprint density at radius 2 is 1.38 bits per heavy atom.